The maximum Gasteiger partial charge on any atom is 0.174 e. The summed E-state index contributed by atoms with van der Waals surface area (Å²) in [6.07, 6.45) is 7.44. The standard InChI is InChI=1S/C22H32O5/c1-20-8-5-15-16(18(20)7-10-22(20)26-13-14-27-22)3-4-19(23)17(15)6-9-21(2)24-11-12-25-21/h16,18H,3-14H2,1-2H3/t16?,18?,20-/m1/s1. The molecule has 2 unspecified atom stereocenters. The normalized spacial score (nSPS) is 39.9. The Kier molecular flexibility index (Phi) is 4.32. The van der Waals surface area contributed by atoms with E-state index in [2.05, 4.69) is 6.92 Å². The van der Waals surface area contributed by atoms with Gasteiger partial charge in [-0.15, -0.1) is 0 Å². The fourth-order valence-corrected chi connectivity index (χ4v) is 6.72. The van der Waals surface area contributed by atoms with Crippen LogP contribution in [0.15, 0.2) is 11.1 Å². The van der Waals surface area contributed by atoms with Crippen LogP contribution in [0.3, 0.4) is 0 Å². The number of Topliss-reactive ketones (excluding diaryl/α,β-unsaturated/α-hetero) is 1. The minimum Gasteiger partial charge on any atom is -0.348 e. The summed E-state index contributed by atoms with van der Waals surface area (Å²) in [5.41, 5.74) is 2.60. The molecule has 0 N–H and O–H groups in total. The van der Waals surface area contributed by atoms with Crippen molar-refractivity contribution >= 4 is 5.78 Å². The van der Waals surface area contributed by atoms with Crippen molar-refractivity contribution < 1.29 is 23.7 Å². The first-order chi connectivity index (χ1) is 13.0. The van der Waals surface area contributed by atoms with E-state index in [0.717, 1.165) is 63.7 Å². The van der Waals surface area contributed by atoms with Crippen LogP contribution in [0.5, 0.6) is 0 Å². The van der Waals surface area contributed by atoms with E-state index in [1.54, 1.807) is 0 Å². The minimum atomic E-state index is -0.521. The maximum atomic E-state index is 12.8. The third kappa shape index (κ3) is 2.69. The van der Waals surface area contributed by atoms with Crippen LogP contribution in [-0.2, 0) is 23.7 Å². The molecule has 5 nitrogen and oxygen atoms in total. The van der Waals surface area contributed by atoms with Gasteiger partial charge in [-0.2, -0.15) is 0 Å². The van der Waals surface area contributed by atoms with Crippen molar-refractivity contribution in [1.82, 2.24) is 0 Å². The molecule has 2 saturated heterocycles. The highest BCUT2D eigenvalue weighted by Gasteiger charge is 2.64. The van der Waals surface area contributed by atoms with Crippen LogP contribution in [-0.4, -0.2) is 43.8 Å². The molecule has 150 valence electrons. The summed E-state index contributed by atoms with van der Waals surface area (Å²) in [6.45, 7) is 7.13. The smallest absolute Gasteiger partial charge is 0.174 e. The van der Waals surface area contributed by atoms with E-state index in [-0.39, 0.29) is 11.2 Å². The second-order valence-electron chi connectivity index (χ2n) is 9.42. The average molecular weight is 376 g/mol. The zero-order valence-electron chi connectivity index (χ0n) is 16.7. The molecule has 3 aliphatic carbocycles. The molecule has 5 heteroatoms. The Hall–Kier alpha value is -0.750. The SMILES string of the molecule is CC1(CCC2=C3CC[C@]4(C)C(CCC45OCCO5)C3CCC2=O)OCCO1. The highest BCUT2D eigenvalue weighted by atomic mass is 16.7. The molecule has 0 bridgehead atoms. The summed E-state index contributed by atoms with van der Waals surface area (Å²) >= 11 is 0. The largest absolute Gasteiger partial charge is 0.348 e. The van der Waals surface area contributed by atoms with Gasteiger partial charge in [-0.25, -0.2) is 0 Å². The van der Waals surface area contributed by atoms with Crippen LogP contribution in [0, 0.1) is 17.3 Å². The zero-order valence-corrected chi connectivity index (χ0v) is 16.7. The van der Waals surface area contributed by atoms with Crippen LogP contribution < -0.4 is 0 Å². The number of hydrogen-bond acceptors (Lipinski definition) is 5. The zero-order chi connectivity index (χ0) is 18.7. The molecule has 0 aromatic heterocycles. The molecular weight excluding hydrogens is 344 g/mol. The lowest BCUT2D eigenvalue weighted by atomic mass is 9.57. The van der Waals surface area contributed by atoms with Gasteiger partial charge in [-0.1, -0.05) is 12.5 Å². The van der Waals surface area contributed by atoms with E-state index in [1.807, 2.05) is 6.92 Å². The van der Waals surface area contributed by atoms with Gasteiger partial charge < -0.3 is 18.9 Å². The molecule has 0 aromatic rings. The second-order valence-corrected chi connectivity index (χ2v) is 9.42. The van der Waals surface area contributed by atoms with Gasteiger partial charge in [-0.05, 0) is 56.4 Å². The first kappa shape index (κ1) is 18.3. The van der Waals surface area contributed by atoms with E-state index < -0.39 is 5.79 Å². The van der Waals surface area contributed by atoms with Crippen LogP contribution in [0.1, 0.15) is 65.2 Å². The highest BCUT2D eigenvalue weighted by molar-refractivity contribution is 5.97. The Bertz CT molecular complexity index is 656. The third-order valence-corrected chi connectivity index (χ3v) is 8.21. The van der Waals surface area contributed by atoms with Crippen molar-refractivity contribution in [2.75, 3.05) is 26.4 Å². The summed E-state index contributed by atoms with van der Waals surface area (Å²) in [7, 11) is 0. The van der Waals surface area contributed by atoms with Gasteiger partial charge in [0.2, 0.25) is 0 Å². The molecule has 1 spiro atoms. The molecule has 4 fully saturated rings. The van der Waals surface area contributed by atoms with Crippen molar-refractivity contribution in [2.24, 2.45) is 17.3 Å². The third-order valence-electron chi connectivity index (χ3n) is 8.21. The van der Waals surface area contributed by atoms with Crippen LogP contribution >= 0.6 is 0 Å². The number of ether oxygens (including phenoxy) is 4. The molecule has 0 amide bonds. The Morgan fingerprint density at radius 3 is 2.37 bits per heavy atom. The Labute approximate surface area is 161 Å². The van der Waals surface area contributed by atoms with Gasteiger partial charge in [0.25, 0.3) is 0 Å². The highest BCUT2D eigenvalue weighted by Crippen LogP contribution is 2.64. The quantitative estimate of drug-likeness (QED) is 0.751. The first-order valence-electron chi connectivity index (χ1n) is 10.8. The van der Waals surface area contributed by atoms with E-state index in [0.29, 0.717) is 37.3 Å². The molecule has 3 atom stereocenters. The number of hydrogen-bond donors (Lipinski definition) is 0. The van der Waals surface area contributed by atoms with Gasteiger partial charge in [0, 0.05) is 24.7 Å². The molecular formula is C22H32O5. The summed E-state index contributed by atoms with van der Waals surface area (Å²) in [5, 5.41) is 0. The fourth-order valence-electron chi connectivity index (χ4n) is 6.72. The number of allylic oxidation sites excluding steroid dienone is 2. The van der Waals surface area contributed by atoms with Crippen molar-refractivity contribution in [3.63, 3.8) is 0 Å². The van der Waals surface area contributed by atoms with Crippen molar-refractivity contribution in [1.29, 1.82) is 0 Å². The molecule has 0 aromatic carbocycles. The molecule has 0 radical (unpaired) electrons. The monoisotopic (exact) mass is 376 g/mol. The molecule has 27 heavy (non-hydrogen) atoms. The van der Waals surface area contributed by atoms with Gasteiger partial charge in [0.05, 0.1) is 26.4 Å². The lowest BCUT2D eigenvalue weighted by Gasteiger charge is -2.50. The predicted molar refractivity (Wildman–Crippen MR) is 99.0 cm³/mol. The lowest BCUT2D eigenvalue weighted by molar-refractivity contribution is -0.232. The second kappa shape index (κ2) is 6.38. The Morgan fingerprint density at radius 2 is 1.63 bits per heavy atom. The van der Waals surface area contributed by atoms with E-state index in [9.17, 15) is 4.79 Å². The number of carbonyl (C=O) groups is 1. The van der Waals surface area contributed by atoms with E-state index in [1.165, 1.54) is 5.57 Å². The molecule has 2 saturated carbocycles. The maximum absolute atomic E-state index is 12.8. The van der Waals surface area contributed by atoms with Crippen LogP contribution in [0.25, 0.3) is 0 Å². The van der Waals surface area contributed by atoms with Crippen molar-refractivity contribution in [3.8, 4) is 0 Å². The molecule has 2 aliphatic heterocycles. The van der Waals surface area contributed by atoms with E-state index >= 15 is 0 Å². The van der Waals surface area contributed by atoms with Gasteiger partial charge in [-0.3, -0.25) is 4.79 Å². The lowest BCUT2D eigenvalue weighted by Crippen LogP contribution is -2.50. The Morgan fingerprint density at radius 1 is 0.926 bits per heavy atom. The van der Waals surface area contributed by atoms with Gasteiger partial charge in [0.15, 0.2) is 17.4 Å². The summed E-state index contributed by atoms with van der Waals surface area (Å²) in [4.78, 5) is 12.8. The summed E-state index contributed by atoms with van der Waals surface area (Å²) in [6, 6.07) is 0. The number of fused-ring (bicyclic) bond motifs is 4. The fraction of sp³-hybridized carbons (Fsp3) is 0.864. The average Bonchev–Trinajstić information content (AvgIpc) is 3.36. The van der Waals surface area contributed by atoms with Crippen molar-refractivity contribution in [2.45, 2.75) is 76.8 Å². The van der Waals surface area contributed by atoms with Crippen LogP contribution in [0.4, 0.5) is 0 Å². The van der Waals surface area contributed by atoms with Crippen molar-refractivity contribution in [3.05, 3.63) is 11.1 Å². The topological polar surface area (TPSA) is 54.0 Å². The van der Waals surface area contributed by atoms with Gasteiger partial charge >= 0.3 is 0 Å². The van der Waals surface area contributed by atoms with Crippen LogP contribution in [0.2, 0.25) is 0 Å². The first-order valence-corrected chi connectivity index (χ1v) is 10.8. The van der Waals surface area contributed by atoms with Gasteiger partial charge in [0.1, 0.15) is 0 Å². The number of rotatable bonds is 3. The molecule has 5 aliphatic rings. The van der Waals surface area contributed by atoms with E-state index in [4.69, 9.17) is 18.9 Å². The summed E-state index contributed by atoms with van der Waals surface area (Å²) in [5.74, 6) is 0.544. The number of ketones is 1. The minimum absolute atomic E-state index is 0.0762. The molecule has 2 heterocycles. The predicted octanol–water partition coefficient (Wildman–Crippen LogP) is 3.76. The molecule has 5 rings (SSSR count). The Balaban J connectivity index is 1.41. The summed E-state index contributed by atoms with van der Waals surface area (Å²) < 4.78 is 23.9. The number of carbonyl (C=O) groups excluding carboxylic acids is 1.